The van der Waals surface area contributed by atoms with Gasteiger partial charge in [-0.15, -0.1) is 11.8 Å². The molecule has 7 heteroatoms. The van der Waals surface area contributed by atoms with E-state index in [0.29, 0.717) is 24.5 Å². The van der Waals surface area contributed by atoms with Gasteiger partial charge in [0.05, 0.1) is 17.5 Å². The van der Waals surface area contributed by atoms with Gasteiger partial charge in [-0.3, -0.25) is 14.4 Å². The van der Waals surface area contributed by atoms with E-state index >= 15 is 0 Å². The second-order valence-electron chi connectivity index (χ2n) is 6.63. The molecule has 152 valence electrons. The van der Waals surface area contributed by atoms with Crippen LogP contribution >= 0.6 is 11.8 Å². The van der Waals surface area contributed by atoms with Crippen LogP contribution in [0, 0.1) is 0 Å². The van der Waals surface area contributed by atoms with Crippen molar-refractivity contribution in [1.82, 2.24) is 0 Å². The molecule has 1 atom stereocenters. The van der Waals surface area contributed by atoms with Gasteiger partial charge in [-0.25, -0.2) is 4.90 Å². The van der Waals surface area contributed by atoms with Crippen LogP contribution in [0.15, 0.2) is 53.4 Å². The van der Waals surface area contributed by atoms with Gasteiger partial charge in [0.25, 0.3) is 0 Å². The lowest BCUT2D eigenvalue weighted by Gasteiger charge is -2.15. The second-order valence-corrected chi connectivity index (χ2v) is 7.90. The number of hydrogen-bond donors (Lipinski definition) is 1. The molecule has 3 rings (SSSR count). The second kappa shape index (κ2) is 9.60. The summed E-state index contributed by atoms with van der Waals surface area (Å²) in [5.74, 6) is 0.257. The van der Waals surface area contributed by atoms with Crippen molar-refractivity contribution in [3.63, 3.8) is 0 Å². The molecule has 0 radical (unpaired) electrons. The summed E-state index contributed by atoms with van der Waals surface area (Å²) in [5, 5.41) is 2.37. The number of anilines is 2. The van der Waals surface area contributed by atoms with E-state index in [4.69, 9.17) is 4.74 Å². The van der Waals surface area contributed by atoms with Gasteiger partial charge in [0.2, 0.25) is 17.7 Å². The van der Waals surface area contributed by atoms with Gasteiger partial charge in [0.1, 0.15) is 5.75 Å². The number of hydrogen-bond acceptors (Lipinski definition) is 5. The molecule has 6 nitrogen and oxygen atoms in total. The summed E-state index contributed by atoms with van der Waals surface area (Å²) in [7, 11) is 0. The molecule has 0 aliphatic carbocycles. The van der Waals surface area contributed by atoms with Gasteiger partial charge in [-0.2, -0.15) is 0 Å². The molecule has 0 aromatic heterocycles. The highest BCUT2D eigenvalue weighted by Gasteiger charge is 2.40. The summed E-state index contributed by atoms with van der Waals surface area (Å²) in [6.07, 6.45) is 1.44. The third-order valence-electron chi connectivity index (χ3n) is 4.40. The Hall–Kier alpha value is -2.80. The first-order valence-corrected chi connectivity index (χ1v) is 10.6. The number of amides is 3. The average Bonchev–Trinajstić information content (AvgIpc) is 2.98. The van der Waals surface area contributed by atoms with Crippen LogP contribution in [0.3, 0.4) is 0 Å². The van der Waals surface area contributed by atoms with Gasteiger partial charge in [0.15, 0.2) is 0 Å². The van der Waals surface area contributed by atoms with Gasteiger partial charge in [-0.05, 0) is 61.9 Å². The van der Waals surface area contributed by atoms with E-state index in [-0.39, 0.29) is 24.1 Å². The zero-order valence-corrected chi connectivity index (χ0v) is 17.3. The molecule has 2 aromatic carbocycles. The summed E-state index contributed by atoms with van der Waals surface area (Å²) in [4.78, 5) is 39.0. The Morgan fingerprint density at radius 3 is 2.41 bits per heavy atom. The molecule has 1 N–H and O–H groups in total. The minimum Gasteiger partial charge on any atom is -0.494 e. The average molecular weight is 413 g/mol. The standard InChI is InChI=1S/C22H24N2O4S/c1-3-5-20(25)23-15-6-12-18(13-7-15)29-19-14-21(26)24(22(19)27)16-8-10-17(11-9-16)28-4-2/h6-13,19H,3-5,14H2,1-2H3,(H,23,25). The summed E-state index contributed by atoms with van der Waals surface area (Å²) in [6.45, 7) is 4.41. The Morgan fingerprint density at radius 1 is 1.10 bits per heavy atom. The Balaban J connectivity index is 1.64. The molecular formula is C22H24N2O4S. The molecule has 0 spiro atoms. The number of carbonyl (C=O) groups excluding carboxylic acids is 3. The molecule has 2 aromatic rings. The van der Waals surface area contributed by atoms with Crippen molar-refractivity contribution in [2.45, 2.75) is 43.3 Å². The third-order valence-corrected chi connectivity index (χ3v) is 5.60. The number of ether oxygens (including phenoxy) is 1. The molecule has 1 fully saturated rings. The fourth-order valence-corrected chi connectivity index (χ4v) is 4.11. The molecular weight excluding hydrogens is 388 g/mol. The number of thioether (sulfide) groups is 1. The molecule has 0 saturated carbocycles. The topological polar surface area (TPSA) is 75.7 Å². The SMILES string of the molecule is CCCC(=O)Nc1ccc(SC2CC(=O)N(c3ccc(OCC)cc3)C2=O)cc1. The quantitative estimate of drug-likeness (QED) is 0.656. The Bertz CT molecular complexity index is 881. The molecule has 0 bridgehead atoms. The normalized spacial score (nSPS) is 16.2. The van der Waals surface area contributed by atoms with Crippen LogP contribution < -0.4 is 15.0 Å². The molecule has 3 amide bonds. The van der Waals surface area contributed by atoms with Crippen LogP contribution in [0.25, 0.3) is 0 Å². The fourth-order valence-electron chi connectivity index (χ4n) is 3.06. The van der Waals surface area contributed by atoms with Gasteiger partial charge in [0, 0.05) is 23.4 Å². The van der Waals surface area contributed by atoms with E-state index in [9.17, 15) is 14.4 Å². The minimum atomic E-state index is -0.463. The highest BCUT2D eigenvalue weighted by Crippen LogP contribution is 2.34. The minimum absolute atomic E-state index is 0.0181. The lowest BCUT2D eigenvalue weighted by molar-refractivity contribution is -0.121. The maximum atomic E-state index is 12.8. The van der Waals surface area contributed by atoms with Crippen LogP contribution in [0.2, 0.25) is 0 Å². The van der Waals surface area contributed by atoms with Gasteiger partial charge >= 0.3 is 0 Å². The van der Waals surface area contributed by atoms with Crippen molar-refractivity contribution in [3.05, 3.63) is 48.5 Å². The van der Waals surface area contributed by atoms with E-state index in [1.54, 1.807) is 36.4 Å². The first-order valence-electron chi connectivity index (χ1n) is 9.68. The largest absolute Gasteiger partial charge is 0.494 e. The van der Waals surface area contributed by atoms with E-state index in [1.165, 1.54) is 16.7 Å². The van der Waals surface area contributed by atoms with Crippen molar-refractivity contribution in [1.29, 1.82) is 0 Å². The van der Waals surface area contributed by atoms with Gasteiger partial charge < -0.3 is 10.1 Å². The lowest BCUT2D eigenvalue weighted by Crippen LogP contribution is -2.31. The Labute approximate surface area is 174 Å². The smallest absolute Gasteiger partial charge is 0.247 e. The molecule has 1 saturated heterocycles. The summed E-state index contributed by atoms with van der Waals surface area (Å²) in [6, 6.07) is 14.3. The maximum absolute atomic E-state index is 12.8. The van der Waals surface area contributed by atoms with E-state index < -0.39 is 5.25 Å². The number of benzene rings is 2. The predicted molar refractivity (Wildman–Crippen MR) is 114 cm³/mol. The monoisotopic (exact) mass is 412 g/mol. The van der Waals surface area contributed by atoms with Crippen LogP contribution in [-0.4, -0.2) is 29.6 Å². The van der Waals surface area contributed by atoms with E-state index in [2.05, 4.69) is 5.32 Å². The van der Waals surface area contributed by atoms with Crippen LogP contribution in [-0.2, 0) is 14.4 Å². The molecule has 1 aliphatic heterocycles. The first kappa shape index (κ1) is 20.9. The third kappa shape index (κ3) is 5.17. The Kier molecular flexibility index (Phi) is 6.93. The van der Waals surface area contributed by atoms with E-state index in [0.717, 1.165) is 17.0 Å². The summed E-state index contributed by atoms with van der Waals surface area (Å²) >= 11 is 1.36. The van der Waals surface area contributed by atoms with Crippen LogP contribution in [0.1, 0.15) is 33.1 Å². The van der Waals surface area contributed by atoms with Gasteiger partial charge in [-0.1, -0.05) is 6.92 Å². The van der Waals surface area contributed by atoms with Crippen LogP contribution in [0.5, 0.6) is 5.75 Å². The highest BCUT2D eigenvalue weighted by atomic mass is 32.2. The number of rotatable bonds is 8. The van der Waals surface area contributed by atoms with Crippen molar-refractivity contribution in [2.75, 3.05) is 16.8 Å². The fraction of sp³-hybridized carbons (Fsp3) is 0.318. The maximum Gasteiger partial charge on any atom is 0.247 e. The molecule has 1 aliphatic rings. The zero-order valence-electron chi connectivity index (χ0n) is 16.5. The molecule has 1 unspecified atom stereocenters. The van der Waals surface area contributed by atoms with Crippen molar-refractivity contribution in [2.24, 2.45) is 0 Å². The number of imide groups is 1. The highest BCUT2D eigenvalue weighted by molar-refractivity contribution is 8.00. The molecule has 1 heterocycles. The first-order chi connectivity index (χ1) is 14.0. The van der Waals surface area contributed by atoms with Crippen molar-refractivity contribution < 1.29 is 19.1 Å². The molecule has 29 heavy (non-hydrogen) atoms. The summed E-state index contributed by atoms with van der Waals surface area (Å²) < 4.78 is 5.41. The number of nitrogens with one attached hydrogen (secondary N) is 1. The summed E-state index contributed by atoms with van der Waals surface area (Å²) in [5.41, 5.74) is 1.28. The van der Waals surface area contributed by atoms with Crippen molar-refractivity contribution >= 4 is 40.9 Å². The van der Waals surface area contributed by atoms with Crippen LogP contribution in [0.4, 0.5) is 11.4 Å². The number of carbonyl (C=O) groups is 3. The lowest BCUT2D eigenvalue weighted by atomic mass is 10.3. The Morgan fingerprint density at radius 2 is 1.79 bits per heavy atom. The predicted octanol–water partition coefficient (Wildman–Crippen LogP) is 4.25. The zero-order chi connectivity index (χ0) is 20.8. The van der Waals surface area contributed by atoms with Crippen molar-refractivity contribution in [3.8, 4) is 5.75 Å². The van der Waals surface area contributed by atoms with E-state index in [1.807, 2.05) is 26.0 Å². The number of nitrogens with zero attached hydrogens (tertiary/aromatic N) is 1.